The minimum Gasteiger partial charge on any atom is -0.380 e. The van der Waals surface area contributed by atoms with Crippen LogP contribution >= 0.6 is 0 Å². The first-order chi connectivity index (χ1) is 8.74. The van der Waals surface area contributed by atoms with Crippen LogP contribution in [0.3, 0.4) is 0 Å². The molecule has 0 saturated carbocycles. The Morgan fingerprint density at radius 2 is 2.00 bits per heavy atom. The third-order valence-corrected chi connectivity index (χ3v) is 3.39. The van der Waals surface area contributed by atoms with Crippen molar-refractivity contribution in [1.29, 1.82) is 0 Å². The molecular formula is C16H22N2. The fraction of sp³-hybridized carbons (Fsp3) is 0.375. The highest BCUT2D eigenvalue weighted by molar-refractivity contribution is 5.57. The lowest BCUT2D eigenvalue weighted by molar-refractivity contribution is 0.766. The number of nitrogens with zero attached hydrogens (tertiary/aromatic N) is 1. The van der Waals surface area contributed by atoms with E-state index < -0.39 is 0 Å². The van der Waals surface area contributed by atoms with Gasteiger partial charge in [-0.3, -0.25) is 0 Å². The van der Waals surface area contributed by atoms with Crippen LogP contribution in [0.2, 0.25) is 0 Å². The van der Waals surface area contributed by atoms with E-state index in [9.17, 15) is 0 Å². The zero-order valence-corrected chi connectivity index (χ0v) is 11.5. The molecule has 2 aromatic rings. The lowest BCUT2D eigenvalue weighted by Crippen LogP contribution is -2.03. The summed E-state index contributed by atoms with van der Waals surface area (Å²) in [4.78, 5) is 0. The molecule has 2 rings (SSSR count). The van der Waals surface area contributed by atoms with Crippen LogP contribution in [-0.2, 0) is 19.5 Å². The molecule has 1 N–H and O–H groups in total. The Morgan fingerprint density at radius 1 is 1.17 bits per heavy atom. The number of anilines is 1. The van der Waals surface area contributed by atoms with E-state index in [0.29, 0.717) is 0 Å². The first kappa shape index (κ1) is 12.7. The van der Waals surface area contributed by atoms with Gasteiger partial charge in [0.05, 0.1) is 0 Å². The normalized spacial score (nSPS) is 10.6. The Bertz CT molecular complexity index is 512. The van der Waals surface area contributed by atoms with Crippen LogP contribution in [0.25, 0.3) is 0 Å². The summed E-state index contributed by atoms with van der Waals surface area (Å²) in [6.07, 6.45) is 5.41. The Morgan fingerprint density at radius 3 is 2.67 bits per heavy atom. The van der Waals surface area contributed by atoms with Gasteiger partial charge in [0, 0.05) is 31.2 Å². The first-order valence-electron chi connectivity index (χ1n) is 6.71. The average Bonchev–Trinajstić information content (AvgIpc) is 2.85. The molecule has 0 bridgehead atoms. The van der Waals surface area contributed by atoms with Crippen molar-refractivity contribution >= 4 is 5.69 Å². The zero-order chi connectivity index (χ0) is 13.0. The fourth-order valence-corrected chi connectivity index (χ4v) is 2.26. The van der Waals surface area contributed by atoms with Gasteiger partial charge in [0.1, 0.15) is 0 Å². The summed E-state index contributed by atoms with van der Waals surface area (Å²) in [6, 6.07) is 8.68. The maximum atomic E-state index is 3.57. The van der Waals surface area contributed by atoms with Crippen molar-refractivity contribution in [2.45, 2.75) is 40.3 Å². The quantitative estimate of drug-likeness (QED) is 0.839. The summed E-state index contributed by atoms with van der Waals surface area (Å²) in [5.41, 5.74) is 5.35. The van der Waals surface area contributed by atoms with E-state index in [0.717, 1.165) is 19.5 Å². The number of aromatic nitrogens is 1. The molecule has 0 spiro atoms. The first-order valence-corrected chi connectivity index (χ1v) is 6.71. The van der Waals surface area contributed by atoms with Gasteiger partial charge in [-0.15, -0.1) is 0 Å². The van der Waals surface area contributed by atoms with E-state index in [-0.39, 0.29) is 0 Å². The molecular weight excluding hydrogens is 220 g/mol. The summed E-state index contributed by atoms with van der Waals surface area (Å²) < 4.78 is 2.20. The van der Waals surface area contributed by atoms with Crippen molar-refractivity contribution in [2.24, 2.45) is 0 Å². The number of hydrogen-bond acceptors (Lipinski definition) is 1. The molecule has 0 fully saturated rings. The van der Waals surface area contributed by atoms with Crippen LogP contribution in [0.5, 0.6) is 0 Å². The molecule has 0 aliphatic heterocycles. The molecule has 18 heavy (non-hydrogen) atoms. The standard InChI is InChI=1S/C16H22N2/c1-4-15-8-6-7-13(3)16(15)17-11-14-9-10-18(5-2)12-14/h6-10,12,17H,4-5,11H2,1-3H3. The van der Waals surface area contributed by atoms with Crippen LogP contribution < -0.4 is 5.32 Å². The topological polar surface area (TPSA) is 17.0 Å². The Balaban J connectivity index is 2.10. The van der Waals surface area contributed by atoms with E-state index in [1.54, 1.807) is 0 Å². The summed E-state index contributed by atoms with van der Waals surface area (Å²) in [7, 11) is 0. The maximum Gasteiger partial charge on any atom is 0.0416 e. The number of aryl methyl sites for hydroxylation is 3. The number of para-hydroxylation sites is 1. The van der Waals surface area contributed by atoms with Crippen LogP contribution in [0.15, 0.2) is 36.7 Å². The van der Waals surface area contributed by atoms with Gasteiger partial charge in [0.25, 0.3) is 0 Å². The van der Waals surface area contributed by atoms with Crippen LogP contribution in [0, 0.1) is 6.92 Å². The smallest absolute Gasteiger partial charge is 0.0416 e. The predicted molar refractivity (Wildman–Crippen MR) is 78.0 cm³/mol. The summed E-state index contributed by atoms with van der Waals surface area (Å²) >= 11 is 0. The van der Waals surface area contributed by atoms with Gasteiger partial charge in [-0.2, -0.15) is 0 Å². The van der Waals surface area contributed by atoms with Crippen molar-refractivity contribution in [1.82, 2.24) is 4.57 Å². The fourth-order valence-electron chi connectivity index (χ4n) is 2.26. The van der Waals surface area contributed by atoms with Crippen molar-refractivity contribution < 1.29 is 0 Å². The maximum absolute atomic E-state index is 3.57. The largest absolute Gasteiger partial charge is 0.380 e. The minimum absolute atomic E-state index is 0.894. The lowest BCUT2D eigenvalue weighted by atomic mass is 10.1. The van der Waals surface area contributed by atoms with Gasteiger partial charge in [-0.05, 0) is 43.0 Å². The van der Waals surface area contributed by atoms with Crippen molar-refractivity contribution in [3.63, 3.8) is 0 Å². The van der Waals surface area contributed by atoms with Gasteiger partial charge >= 0.3 is 0 Å². The summed E-state index contributed by atoms with van der Waals surface area (Å²) in [5, 5.41) is 3.57. The van der Waals surface area contributed by atoms with E-state index in [1.807, 2.05) is 0 Å². The molecule has 96 valence electrons. The second-order valence-electron chi connectivity index (χ2n) is 4.67. The molecule has 0 atom stereocenters. The van der Waals surface area contributed by atoms with Gasteiger partial charge < -0.3 is 9.88 Å². The van der Waals surface area contributed by atoms with Crippen LogP contribution in [0.4, 0.5) is 5.69 Å². The monoisotopic (exact) mass is 242 g/mol. The van der Waals surface area contributed by atoms with Crippen molar-refractivity contribution in [3.05, 3.63) is 53.3 Å². The van der Waals surface area contributed by atoms with Crippen LogP contribution in [0.1, 0.15) is 30.5 Å². The third-order valence-electron chi connectivity index (χ3n) is 3.39. The van der Waals surface area contributed by atoms with Gasteiger partial charge in [0.15, 0.2) is 0 Å². The van der Waals surface area contributed by atoms with E-state index >= 15 is 0 Å². The third kappa shape index (κ3) is 2.76. The van der Waals surface area contributed by atoms with Gasteiger partial charge in [0.2, 0.25) is 0 Å². The second-order valence-corrected chi connectivity index (χ2v) is 4.67. The molecule has 0 amide bonds. The molecule has 0 radical (unpaired) electrons. The van der Waals surface area contributed by atoms with Gasteiger partial charge in [-0.25, -0.2) is 0 Å². The Labute approximate surface area is 110 Å². The predicted octanol–water partition coefficient (Wildman–Crippen LogP) is 3.99. The molecule has 0 saturated heterocycles. The average molecular weight is 242 g/mol. The number of nitrogens with one attached hydrogen (secondary N) is 1. The molecule has 2 nitrogen and oxygen atoms in total. The van der Waals surface area contributed by atoms with E-state index in [2.05, 4.69) is 67.3 Å². The molecule has 0 aliphatic rings. The highest BCUT2D eigenvalue weighted by Crippen LogP contribution is 2.21. The summed E-state index contributed by atoms with van der Waals surface area (Å²) in [5.74, 6) is 0. The van der Waals surface area contributed by atoms with E-state index in [4.69, 9.17) is 0 Å². The van der Waals surface area contributed by atoms with E-state index in [1.165, 1.54) is 22.4 Å². The van der Waals surface area contributed by atoms with Crippen molar-refractivity contribution in [2.75, 3.05) is 5.32 Å². The molecule has 1 heterocycles. The highest BCUT2D eigenvalue weighted by Gasteiger charge is 2.04. The lowest BCUT2D eigenvalue weighted by Gasteiger charge is -2.13. The van der Waals surface area contributed by atoms with Crippen molar-refractivity contribution in [3.8, 4) is 0 Å². The molecule has 1 aromatic heterocycles. The van der Waals surface area contributed by atoms with Crippen LogP contribution in [-0.4, -0.2) is 4.57 Å². The summed E-state index contributed by atoms with van der Waals surface area (Å²) in [6.45, 7) is 8.45. The Hall–Kier alpha value is -1.70. The van der Waals surface area contributed by atoms with Gasteiger partial charge in [-0.1, -0.05) is 25.1 Å². The molecule has 0 aliphatic carbocycles. The molecule has 2 heteroatoms. The SMILES string of the molecule is CCc1cccc(C)c1NCc1ccn(CC)c1. The number of hydrogen-bond donors (Lipinski definition) is 1. The zero-order valence-electron chi connectivity index (χ0n) is 11.5. The Kier molecular flexibility index (Phi) is 4.08. The number of benzene rings is 1. The minimum atomic E-state index is 0.894. The molecule has 1 aromatic carbocycles. The number of rotatable bonds is 5. The second kappa shape index (κ2) is 5.76. The highest BCUT2D eigenvalue weighted by atomic mass is 14.9. The molecule has 0 unspecified atom stereocenters.